The molecule has 5 heteroatoms. The highest BCUT2D eigenvalue weighted by molar-refractivity contribution is 5.70. The Morgan fingerprint density at radius 1 is 0.917 bits per heavy atom. The van der Waals surface area contributed by atoms with Gasteiger partial charge in [-0.25, -0.2) is 4.98 Å². The van der Waals surface area contributed by atoms with E-state index in [1.807, 2.05) is 45.9 Å². The van der Waals surface area contributed by atoms with Crippen molar-refractivity contribution in [2.45, 2.75) is 41.5 Å². The van der Waals surface area contributed by atoms with Gasteiger partial charge in [-0.2, -0.15) is 0 Å². The maximum Gasteiger partial charge on any atom is 0.136 e. The van der Waals surface area contributed by atoms with Gasteiger partial charge < -0.3 is 15.8 Å². The summed E-state index contributed by atoms with van der Waals surface area (Å²) in [5, 5.41) is 5.49. The molecule has 1 aliphatic rings. The summed E-state index contributed by atoms with van der Waals surface area (Å²) < 4.78 is 5.26. The molecule has 0 radical (unpaired) electrons. The van der Waals surface area contributed by atoms with Crippen LogP contribution in [-0.2, 0) is 0 Å². The molecule has 0 fully saturated rings. The number of pyridine rings is 1. The average Bonchev–Trinajstić information content (AvgIpc) is 3.20. The van der Waals surface area contributed by atoms with Gasteiger partial charge in [-0.3, -0.25) is 4.99 Å². The van der Waals surface area contributed by atoms with E-state index in [1.165, 1.54) is 0 Å². The molecule has 0 bridgehead atoms. The molecule has 5 nitrogen and oxygen atoms in total. The molecule has 3 N–H and O–H groups in total. The number of fused-ring (bicyclic) bond motifs is 1. The van der Waals surface area contributed by atoms with E-state index in [-0.39, 0.29) is 5.41 Å². The predicted octanol–water partition coefficient (Wildman–Crippen LogP) is 5.84. The number of nitrogens with two attached hydrogens (primary N) is 1. The fourth-order valence-electron chi connectivity index (χ4n) is 3.51. The van der Waals surface area contributed by atoms with Crippen molar-refractivity contribution in [1.82, 2.24) is 4.98 Å². The lowest BCUT2D eigenvalue weighted by molar-refractivity contribution is 0.405. The number of aromatic nitrogens is 1. The lowest BCUT2D eigenvalue weighted by Gasteiger charge is -2.23. The molecule has 0 amide bonds. The van der Waals surface area contributed by atoms with E-state index in [1.54, 1.807) is 7.11 Å². The molecule has 1 aliphatic heterocycles. The molecule has 0 unspecified atom stereocenters. The first-order valence-electron chi connectivity index (χ1n) is 12.9. The number of nitrogens with zero attached hydrogens (tertiary/aromatic N) is 2. The van der Waals surface area contributed by atoms with Crippen molar-refractivity contribution in [1.29, 1.82) is 0 Å². The molecule has 2 aromatic carbocycles. The van der Waals surface area contributed by atoms with Crippen LogP contribution >= 0.6 is 0 Å². The number of ether oxygens (including phenoxy) is 1. The van der Waals surface area contributed by atoms with Gasteiger partial charge in [0.05, 0.1) is 24.7 Å². The number of allylic oxidation sites excluding steroid dienone is 1. The minimum atomic E-state index is -0.0255. The third kappa shape index (κ3) is 7.53. The number of methoxy groups -OCH3 is 1. The van der Waals surface area contributed by atoms with Gasteiger partial charge in [-0.1, -0.05) is 90.1 Å². The number of hydrogen-bond acceptors (Lipinski definition) is 5. The van der Waals surface area contributed by atoms with Crippen LogP contribution < -0.4 is 26.4 Å². The minimum absolute atomic E-state index is 0.0255. The largest absolute Gasteiger partial charge is 0.497 e. The molecule has 2 heterocycles. The van der Waals surface area contributed by atoms with Crippen LogP contribution in [0, 0.1) is 5.41 Å². The van der Waals surface area contributed by atoms with Gasteiger partial charge in [0.15, 0.2) is 0 Å². The lowest BCUT2D eigenvalue weighted by Crippen LogP contribution is -2.35. The molecule has 192 valence electrons. The van der Waals surface area contributed by atoms with Gasteiger partial charge in [0, 0.05) is 17.3 Å². The third-order valence-electron chi connectivity index (χ3n) is 5.69. The normalized spacial score (nSPS) is 11.8. The zero-order valence-electron chi connectivity index (χ0n) is 22.9. The molecule has 0 aliphatic carbocycles. The molecular formula is C31H42N4O. The molecule has 0 atom stereocenters. The Morgan fingerprint density at radius 3 is 2.08 bits per heavy atom. The third-order valence-corrected chi connectivity index (χ3v) is 5.69. The van der Waals surface area contributed by atoms with Crippen LogP contribution in [0.4, 0.5) is 5.82 Å². The van der Waals surface area contributed by atoms with Crippen molar-refractivity contribution < 1.29 is 4.74 Å². The van der Waals surface area contributed by atoms with Crippen LogP contribution in [0.15, 0.2) is 71.7 Å². The topological polar surface area (TPSA) is 72.5 Å². The quantitative estimate of drug-likeness (QED) is 0.440. The number of anilines is 1. The van der Waals surface area contributed by atoms with Crippen LogP contribution in [-0.4, -0.2) is 31.7 Å². The van der Waals surface area contributed by atoms with Gasteiger partial charge in [-0.05, 0) is 47.4 Å². The molecule has 0 saturated carbocycles. The van der Waals surface area contributed by atoms with Crippen LogP contribution in [0.2, 0.25) is 0 Å². The second-order valence-corrected chi connectivity index (χ2v) is 8.75. The van der Waals surface area contributed by atoms with Crippen molar-refractivity contribution in [3.63, 3.8) is 0 Å². The Balaban J connectivity index is 0.00000109. The maximum absolute atomic E-state index is 5.93. The van der Waals surface area contributed by atoms with E-state index in [2.05, 4.69) is 73.8 Å². The fourth-order valence-corrected chi connectivity index (χ4v) is 3.51. The van der Waals surface area contributed by atoms with Gasteiger partial charge in [0.25, 0.3) is 0 Å². The lowest BCUT2D eigenvalue weighted by atomic mass is 9.94. The molecule has 3 aromatic rings. The predicted molar refractivity (Wildman–Crippen MR) is 155 cm³/mol. The van der Waals surface area contributed by atoms with Crippen molar-refractivity contribution in [2.24, 2.45) is 16.1 Å². The van der Waals surface area contributed by atoms with Crippen molar-refractivity contribution in [3.8, 4) is 28.1 Å². The highest BCUT2D eigenvalue weighted by Gasteiger charge is 2.16. The Labute approximate surface area is 216 Å². The van der Waals surface area contributed by atoms with Crippen molar-refractivity contribution >= 4 is 11.9 Å². The zero-order chi connectivity index (χ0) is 26.6. The highest BCUT2D eigenvalue weighted by Crippen LogP contribution is 2.25. The second-order valence-electron chi connectivity index (χ2n) is 8.75. The molecule has 4 rings (SSSR count). The Hall–Kier alpha value is -3.44. The summed E-state index contributed by atoms with van der Waals surface area (Å²) >= 11 is 0. The SMILES string of the molecule is CC.CC.COc1ccc(-c2ccc(-c3cc4c(c(NCC(C)(C)CN)n3)=CC=CCN=4)cc2)cc1. The van der Waals surface area contributed by atoms with E-state index >= 15 is 0 Å². The summed E-state index contributed by atoms with van der Waals surface area (Å²) in [7, 11) is 1.68. The molecule has 1 aromatic heterocycles. The first-order valence-corrected chi connectivity index (χ1v) is 12.9. The van der Waals surface area contributed by atoms with Crippen molar-refractivity contribution in [2.75, 3.05) is 32.1 Å². The molecule has 36 heavy (non-hydrogen) atoms. The standard InChI is InChI=1S/C27H30N4O.2C2H6/c1-27(2,17-28)18-30-26-23-6-4-5-15-29-25(23)16-24(31-26)21-9-7-19(8-10-21)20-11-13-22(32-3)14-12-20;2*1-2/h4-14,16H,15,17-18,28H2,1-3H3,(H,30,31);2*1-2H3. The minimum Gasteiger partial charge on any atom is -0.497 e. The zero-order valence-corrected chi connectivity index (χ0v) is 22.9. The number of hydrogen-bond donors (Lipinski definition) is 2. The van der Waals surface area contributed by atoms with E-state index < -0.39 is 0 Å². The van der Waals surface area contributed by atoms with E-state index in [9.17, 15) is 0 Å². The van der Waals surface area contributed by atoms with Crippen LogP contribution in [0.1, 0.15) is 41.5 Å². The summed E-state index contributed by atoms with van der Waals surface area (Å²) in [6.07, 6.45) is 6.17. The summed E-state index contributed by atoms with van der Waals surface area (Å²) in [5.74, 6) is 1.70. The van der Waals surface area contributed by atoms with Gasteiger partial charge in [0.1, 0.15) is 11.6 Å². The molecule has 0 spiro atoms. The van der Waals surface area contributed by atoms with Gasteiger partial charge in [0.2, 0.25) is 0 Å². The monoisotopic (exact) mass is 486 g/mol. The molecule has 0 saturated heterocycles. The summed E-state index contributed by atoms with van der Waals surface area (Å²) in [6.45, 7) is 14.3. The van der Waals surface area contributed by atoms with Crippen molar-refractivity contribution in [3.05, 3.63) is 77.3 Å². The van der Waals surface area contributed by atoms with Crippen LogP contribution in [0.3, 0.4) is 0 Å². The Bertz CT molecular complexity index is 1230. The Morgan fingerprint density at radius 2 is 1.50 bits per heavy atom. The number of benzene rings is 2. The smallest absolute Gasteiger partial charge is 0.136 e. The van der Waals surface area contributed by atoms with Crippen LogP contribution in [0.5, 0.6) is 5.75 Å². The average molecular weight is 487 g/mol. The highest BCUT2D eigenvalue weighted by atomic mass is 16.5. The summed E-state index contributed by atoms with van der Waals surface area (Å²) in [6, 6.07) is 18.6. The first kappa shape index (κ1) is 28.8. The Kier molecular flexibility index (Phi) is 11.4. The van der Waals surface area contributed by atoms with E-state index in [0.717, 1.165) is 51.1 Å². The summed E-state index contributed by atoms with van der Waals surface area (Å²) in [4.78, 5) is 9.71. The number of rotatable bonds is 7. The van der Waals surface area contributed by atoms with Crippen LogP contribution in [0.25, 0.3) is 28.5 Å². The first-order chi connectivity index (χ1) is 17.5. The second kappa shape index (κ2) is 14.2. The van der Waals surface area contributed by atoms with Gasteiger partial charge in [-0.15, -0.1) is 0 Å². The van der Waals surface area contributed by atoms with E-state index in [0.29, 0.717) is 13.1 Å². The maximum atomic E-state index is 5.93. The molecular weight excluding hydrogens is 444 g/mol. The number of nitrogens with one attached hydrogen (secondary N) is 1. The van der Waals surface area contributed by atoms with E-state index in [4.69, 9.17) is 20.4 Å². The fraction of sp³-hybridized carbons (Fsp3) is 0.355. The van der Waals surface area contributed by atoms with Gasteiger partial charge >= 0.3 is 0 Å². The summed E-state index contributed by atoms with van der Waals surface area (Å²) in [5.41, 5.74) is 10.2.